The van der Waals surface area contributed by atoms with Gasteiger partial charge < -0.3 is 10.1 Å². The van der Waals surface area contributed by atoms with E-state index in [9.17, 15) is 9.59 Å². The third-order valence-electron chi connectivity index (χ3n) is 6.15. The van der Waals surface area contributed by atoms with E-state index in [0.717, 1.165) is 41.8 Å². The molecule has 1 N–H and O–H groups in total. The average molecular weight is 431 g/mol. The van der Waals surface area contributed by atoms with Gasteiger partial charge in [-0.05, 0) is 42.5 Å². The largest absolute Gasteiger partial charge is 0.468 e. The highest BCUT2D eigenvalue weighted by Gasteiger charge is 2.35. The lowest BCUT2D eigenvalue weighted by Gasteiger charge is -2.34. The molecule has 1 atom stereocenters. The summed E-state index contributed by atoms with van der Waals surface area (Å²) in [5.41, 5.74) is 3.93. The van der Waals surface area contributed by atoms with Crippen molar-refractivity contribution in [1.29, 1.82) is 0 Å². The summed E-state index contributed by atoms with van der Waals surface area (Å²) in [5.74, 6) is 0.584. The average Bonchev–Trinajstić information content (AvgIpc) is 3.59. The summed E-state index contributed by atoms with van der Waals surface area (Å²) in [6, 6.07) is 19.0. The number of methoxy groups -OCH3 is 1. The number of anilines is 1. The van der Waals surface area contributed by atoms with Gasteiger partial charge in [-0.15, -0.1) is 0 Å². The lowest BCUT2D eigenvalue weighted by atomic mass is 9.92. The summed E-state index contributed by atoms with van der Waals surface area (Å²) in [5, 5.41) is 7.77. The van der Waals surface area contributed by atoms with Gasteiger partial charge in [0.2, 0.25) is 5.91 Å². The number of ether oxygens (including phenoxy) is 1. The second kappa shape index (κ2) is 8.59. The van der Waals surface area contributed by atoms with Gasteiger partial charge >= 0.3 is 5.97 Å². The predicted molar refractivity (Wildman–Crippen MR) is 121 cm³/mol. The topological polar surface area (TPSA) is 76.5 Å². The zero-order chi connectivity index (χ0) is 22.1. The van der Waals surface area contributed by atoms with Crippen molar-refractivity contribution in [3.8, 4) is 5.69 Å². The zero-order valence-electron chi connectivity index (χ0n) is 18.0. The van der Waals surface area contributed by atoms with Crippen LogP contribution in [0.1, 0.15) is 41.6 Å². The fraction of sp³-hybridized carbons (Fsp3) is 0.320. The molecule has 1 aromatic heterocycles. The molecule has 7 nitrogen and oxygen atoms in total. The van der Waals surface area contributed by atoms with Crippen LogP contribution in [-0.2, 0) is 20.7 Å². The molecule has 1 saturated carbocycles. The molecule has 2 aliphatic rings. The number of nitrogens with one attached hydrogen (secondary N) is 1. The van der Waals surface area contributed by atoms with Gasteiger partial charge in [-0.1, -0.05) is 42.5 Å². The minimum absolute atomic E-state index is 0.0901. The van der Waals surface area contributed by atoms with Crippen LogP contribution in [-0.4, -0.2) is 46.8 Å². The number of hydrogen-bond acceptors (Lipinski definition) is 5. The van der Waals surface area contributed by atoms with Crippen LogP contribution in [0.15, 0.2) is 60.7 Å². The van der Waals surface area contributed by atoms with E-state index in [4.69, 9.17) is 9.84 Å². The second-order valence-electron chi connectivity index (χ2n) is 8.37. The molecule has 0 spiro atoms. The highest BCUT2D eigenvalue weighted by atomic mass is 16.5. The van der Waals surface area contributed by atoms with Gasteiger partial charge in [0, 0.05) is 18.5 Å². The first-order valence-electron chi connectivity index (χ1n) is 11.0. The van der Waals surface area contributed by atoms with Crippen LogP contribution in [0.3, 0.4) is 0 Å². The lowest BCUT2D eigenvalue weighted by Crippen LogP contribution is -2.44. The number of carbonyl (C=O) groups excluding carboxylic acids is 2. The minimum atomic E-state index is -0.586. The smallest absolute Gasteiger partial charge is 0.327 e. The van der Waals surface area contributed by atoms with E-state index in [0.29, 0.717) is 18.3 Å². The molecule has 3 aromatic rings. The van der Waals surface area contributed by atoms with Crippen LogP contribution in [0.4, 0.5) is 5.82 Å². The Morgan fingerprint density at radius 2 is 1.84 bits per heavy atom. The third kappa shape index (κ3) is 4.03. The Hall–Kier alpha value is -3.45. The van der Waals surface area contributed by atoms with Crippen LogP contribution in [0, 0.1) is 0 Å². The number of hydrogen-bond donors (Lipinski definition) is 1. The van der Waals surface area contributed by atoms with Gasteiger partial charge in [-0.25, -0.2) is 9.48 Å². The van der Waals surface area contributed by atoms with E-state index in [2.05, 4.69) is 5.32 Å². The summed E-state index contributed by atoms with van der Waals surface area (Å²) in [7, 11) is 1.38. The fourth-order valence-corrected chi connectivity index (χ4v) is 4.38. The van der Waals surface area contributed by atoms with E-state index in [1.165, 1.54) is 7.11 Å². The molecule has 1 amide bonds. The Kier molecular flexibility index (Phi) is 5.49. The molecule has 1 fully saturated rings. The van der Waals surface area contributed by atoms with Gasteiger partial charge in [-0.2, -0.15) is 5.10 Å². The van der Waals surface area contributed by atoms with Crippen molar-refractivity contribution in [3.05, 3.63) is 77.5 Å². The third-order valence-corrected chi connectivity index (χ3v) is 6.15. The van der Waals surface area contributed by atoms with Gasteiger partial charge in [0.15, 0.2) is 0 Å². The Labute approximate surface area is 187 Å². The van der Waals surface area contributed by atoms with Crippen LogP contribution in [0.25, 0.3) is 5.69 Å². The van der Waals surface area contributed by atoms with Crippen molar-refractivity contribution in [3.63, 3.8) is 0 Å². The van der Waals surface area contributed by atoms with Crippen molar-refractivity contribution in [1.82, 2.24) is 14.7 Å². The summed E-state index contributed by atoms with van der Waals surface area (Å²) in [6.07, 6.45) is 3.05. The molecule has 32 heavy (non-hydrogen) atoms. The molecule has 0 saturated heterocycles. The van der Waals surface area contributed by atoms with Gasteiger partial charge in [-0.3, -0.25) is 9.69 Å². The maximum atomic E-state index is 13.1. The van der Waals surface area contributed by atoms with Crippen LogP contribution in [0.5, 0.6) is 0 Å². The molecule has 1 aliphatic heterocycles. The summed E-state index contributed by atoms with van der Waals surface area (Å²) in [6.45, 7) is 0.697. The van der Waals surface area contributed by atoms with E-state index in [-0.39, 0.29) is 18.4 Å². The normalized spacial score (nSPS) is 18.1. The number of benzene rings is 2. The molecule has 5 rings (SSSR count). The highest BCUT2D eigenvalue weighted by molar-refractivity contribution is 5.92. The number of rotatable bonds is 6. The quantitative estimate of drug-likeness (QED) is 0.606. The maximum Gasteiger partial charge on any atom is 0.327 e. The number of fused-ring (bicyclic) bond motifs is 1. The molecule has 2 heterocycles. The number of esters is 1. The Morgan fingerprint density at radius 3 is 2.59 bits per heavy atom. The zero-order valence-corrected chi connectivity index (χ0v) is 18.0. The summed E-state index contributed by atoms with van der Waals surface area (Å²) in [4.78, 5) is 27.6. The van der Waals surface area contributed by atoms with Gasteiger partial charge in [0.25, 0.3) is 0 Å². The first-order chi connectivity index (χ1) is 15.6. The highest BCUT2D eigenvalue weighted by Crippen LogP contribution is 2.40. The monoisotopic (exact) mass is 430 g/mol. The van der Waals surface area contributed by atoms with E-state index in [1.54, 1.807) is 4.68 Å². The Balaban J connectivity index is 1.37. The number of aromatic nitrogens is 2. The number of carbonyl (C=O) groups is 2. The van der Waals surface area contributed by atoms with Crippen molar-refractivity contribution in [2.45, 2.75) is 31.2 Å². The Morgan fingerprint density at radius 1 is 1.09 bits per heavy atom. The van der Waals surface area contributed by atoms with Crippen molar-refractivity contribution < 1.29 is 14.3 Å². The molecule has 0 radical (unpaired) electrons. The van der Waals surface area contributed by atoms with Crippen molar-refractivity contribution in [2.75, 3.05) is 25.5 Å². The van der Waals surface area contributed by atoms with Crippen molar-refractivity contribution in [2.24, 2.45) is 0 Å². The molecule has 1 unspecified atom stereocenters. The maximum absolute atomic E-state index is 13.1. The number of para-hydroxylation sites is 1. The minimum Gasteiger partial charge on any atom is -0.468 e. The van der Waals surface area contributed by atoms with E-state index in [1.807, 2.05) is 65.6 Å². The second-order valence-corrected chi connectivity index (χ2v) is 8.37. The van der Waals surface area contributed by atoms with E-state index >= 15 is 0 Å². The first kappa shape index (κ1) is 20.5. The first-order valence-corrected chi connectivity index (χ1v) is 11.0. The van der Waals surface area contributed by atoms with E-state index < -0.39 is 6.04 Å². The van der Waals surface area contributed by atoms with Gasteiger partial charge in [0.1, 0.15) is 11.9 Å². The summed E-state index contributed by atoms with van der Waals surface area (Å²) >= 11 is 0. The fourth-order valence-electron chi connectivity index (χ4n) is 4.38. The molecular formula is C25H26N4O3. The number of amides is 1. The van der Waals surface area contributed by atoms with Crippen LogP contribution < -0.4 is 5.32 Å². The predicted octanol–water partition coefficient (Wildman–Crippen LogP) is 3.46. The van der Waals surface area contributed by atoms with Gasteiger partial charge in [0.05, 0.1) is 25.0 Å². The number of nitrogens with zero attached hydrogens (tertiary/aromatic N) is 3. The lowest BCUT2D eigenvalue weighted by molar-refractivity contribution is -0.148. The molecule has 164 valence electrons. The molecule has 2 aromatic carbocycles. The van der Waals surface area contributed by atoms with Crippen LogP contribution in [0.2, 0.25) is 0 Å². The standard InChI is InChI=1S/C25H26N4O3/c1-32-25(31)24-20-10-6-5-7-17(20)13-14-28(24)16-23(30)26-22-15-21(18-11-12-18)27-29(22)19-8-3-2-4-9-19/h2-10,15,18,24H,11-14,16H2,1H3,(H,26,30). The Bertz CT molecular complexity index is 1140. The summed E-state index contributed by atoms with van der Waals surface area (Å²) < 4.78 is 6.85. The molecule has 0 bridgehead atoms. The van der Waals surface area contributed by atoms with Crippen molar-refractivity contribution >= 4 is 17.7 Å². The SMILES string of the molecule is COC(=O)C1c2ccccc2CCN1CC(=O)Nc1cc(C2CC2)nn1-c1ccccc1. The molecular weight excluding hydrogens is 404 g/mol. The van der Waals surface area contributed by atoms with Crippen LogP contribution >= 0.6 is 0 Å². The molecule has 1 aliphatic carbocycles. The molecule has 7 heteroatoms.